The first-order valence-electron chi connectivity index (χ1n) is 43.4. The molecule has 14 rings (SSSR count). The number of carbonyl (C=O) groups is 8. The van der Waals surface area contributed by atoms with Crippen LogP contribution in [-0.2, 0) is 68.2 Å². The van der Waals surface area contributed by atoms with Gasteiger partial charge >= 0.3 is 29.8 Å². The lowest BCUT2D eigenvalue weighted by atomic mass is 10.1. The molecule has 0 spiro atoms. The summed E-state index contributed by atoms with van der Waals surface area (Å²) in [6.45, 7) is 13.5. The van der Waals surface area contributed by atoms with Crippen LogP contribution in [0.15, 0.2) is 280 Å². The van der Waals surface area contributed by atoms with Gasteiger partial charge < -0.3 is 63.1 Å². The van der Waals surface area contributed by atoms with Gasteiger partial charge in [0.25, 0.3) is 0 Å². The number of aryl methyl sites for hydroxylation is 6. The molecule has 0 aliphatic carbocycles. The maximum atomic E-state index is 12.3. The van der Waals surface area contributed by atoms with E-state index >= 15 is 0 Å². The molecule has 32 nitrogen and oxygen atoms in total. The van der Waals surface area contributed by atoms with E-state index in [0.29, 0.717) is 90.5 Å². The number of hydrogen-bond donors (Lipinski definition) is 4. The van der Waals surface area contributed by atoms with Crippen LogP contribution in [0.4, 0.5) is 0 Å². The van der Waals surface area contributed by atoms with E-state index in [2.05, 4.69) is 54.1 Å². The van der Waals surface area contributed by atoms with Crippen LogP contribution in [0.5, 0.6) is 46.0 Å². The summed E-state index contributed by atoms with van der Waals surface area (Å²) in [4.78, 5) is 123. The van der Waals surface area contributed by atoms with Crippen LogP contribution in [0, 0.1) is 75.5 Å². The molecule has 0 atom stereocenters. The van der Waals surface area contributed by atoms with Gasteiger partial charge in [0, 0.05) is 68.7 Å². The number of carboxylic acids is 2. The number of nitrogens with zero attached hydrogens (tertiary/aromatic N) is 11. The molecule has 0 saturated carbocycles. The molecular formula is C108H101Cl2N11O21. The third-order valence-corrected chi connectivity index (χ3v) is 19.4. The van der Waals surface area contributed by atoms with Gasteiger partial charge in [-0.2, -0.15) is 15.8 Å². The van der Waals surface area contributed by atoms with Crippen molar-refractivity contribution < 1.29 is 101 Å². The number of halogens is 2. The third-order valence-electron chi connectivity index (χ3n) is 18.9. The number of carbonyl (C=O) groups excluding carboxylic acids is 6. The maximum Gasteiger partial charge on any atom is 0.358 e. The Morgan fingerprint density at radius 2 is 0.521 bits per heavy atom. The van der Waals surface area contributed by atoms with Gasteiger partial charge in [0.15, 0.2) is 68.8 Å². The van der Waals surface area contributed by atoms with Gasteiger partial charge in [-0.05, 0) is 151 Å². The Balaban J connectivity index is 0.000000222. The zero-order chi connectivity index (χ0) is 103. The number of nitriles is 3. The molecule has 0 bridgehead atoms. The third kappa shape index (κ3) is 40.3. The summed E-state index contributed by atoms with van der Waals surface area (Å²) in [7, 11) is 3.82. The number of ether oxygens (including phenoxy) is 9. The van der Waals surface area contributed by atoms with Gasteiger partial charge in [-0.25, -0.2) is 49.5 Å². The molecule has 0 amide bonds. The van der Waals surface area contributed by atoms with Crippen molar-refractivity contribution in [1.82, 2.24) is 39.9 Å². The summed E-state index contributed by atoms with van der Waals surface area (Å²) in [5, 5.41) is 63.2. The number of methoxy groups -OCH3 is 3. The van der Waals surface area contributed by atoms with Crippen LogP contribution >= 0.6 is 23.2 Å². The number of carboxylic acid groups (broad SMARTS) is 2. The summed E-state index contributed by atoms with van der Waals surface area (Å²) < 4.78 is 47.2. The maximum absolute atomic E-state index is 12.3. The van der Waals surface area contributed by atoms with Crippen molar-refractivity contribution in [3.63, 3.8) is 0 Å². The fraction of sp³-hybridized carbons (Fsp3) is 0.194. The highest BCUT2D eigenvalue weighted by Gasteiger charge is 2.22. The highest BCUT2D eigenvalue weighted by molar-refractivity contribution is 6.35. The number of Topliss-reactive ketones (excluding diaryl/α,β-unsaturated/α-hetero) is 3. The summed E-state index contributed by atoms with van der Waals surface area (Å²) in [5.41, 5.74) is 12.6. The lowest BCUT2D eigenvalue weighted by molar-refractivity contribution is -0.141. The molecule has 728 valence electrons. The smallest absolute Gasteiger partial charge is 0.358 e. The molecule has 14 aromatic rings. The molecule has 142 heavy (non-hydrogen) atoms. The van der Waals surface area contributed by atoms with E-state index in [0.717, 1.165) is 79.0 Å². The number of hydrogen-bond acceptors (Lipinski definition) is 30. The van der Waals surface area contributed by atoms with Gasteiger partial charge in [0.05, 0.1) is 56.8 Å². The average Bonchev–Trinajstić information content (AvgIpc) is 0.841. The van der Waals surface area contributed by atoms with Gasteiger partial charge in [-0.1, -0.05) is 205 Å². The molecule has 0 aliphatic heterocycles. The van der Waals surface area contributed by atoms with Crippen LogP contribution in [0.3, 0.4) is 0 Å². The van der Waals surface area contributed by atoms with Crippen molar-refractivity contribution in [3.8, 4) is 64.2 Å². The second kappa shape index (κ2) is 60.7. The van der Waals surface area contributed by atoms with Gasteiger partial charge in [-0.15, -0.1) is 0 Å². The molecule has 0 saturated heterocycles. The SMILES string of the molecule is COC(=O)CCC(=O)c1ncc(C)cc1OCc1ccccc1.COC(=O)CCC(=O)c1ncc(C)cc1OCc1ccccc1.COC(=O)CCC(=O)c1ncc(O)cc1O.Cc1cnc(C#N)c(OCc2ccccc2)c1.Cc1cnc(C#N)c(OCc2ccccc2)c1.Cc1cnc(C(=O)O)c(OCc2ccccc2)c1.Cc1cnc(C(=O)O)c(OCc2ccccc2)c1.N#Cc1ncc(Cl)cc1Cl. The number of rotatable bonds is 32. The van der Waals surface area contributed by atoms with Crippen molar-refractivity contribution in [2.75, 3.05) is 21.3 Å². The first kappa shape index (κ1) is 111. The fourth-order valence-electron chi connectivity index (χ4n) is 11.7. The number of pyridine rings is 8. The largest absolute Gasteiger partial charge is 0.506 e. The quantitative estimate of drug-likeness (QED) is 0.0173. The monoisotopic (exact) mass is 1960 g/mol. The fourth-order valence-corrected chi connectivity index (χ4v) is 12.1. The molecule has 6 aromatic carbocycles. The van der Waals surface area contributed by atoms with Gasteiger partial charge in [0.2, 0.25) is 0 Å². The lowest BCUT2D eigenvalue weighted by Gasteiger charge is -2.11. The Hall–Kier alpha value is -17.7. The van der Waals surface area contributed by atoms with Crippen LogP contribution in [0.2, 0.25) is 10.0 Å². The summed E-state index contributed by atoms with van der Waals surface area (Å²) in [5.74, 6) is -2.58. The highest BCUT2D eigenvalue weighted by atomic mass is 35.5. The molecule has 0 fully saturated rings. The highest BCUT2D eigenvalue weighted by Crippen LogP contribution is 2.29. The molecule has 0 unspecified atom stereocenters. The van der Waals surface area contributed by atoms with E-state index in [-0.39, 0.29) is 95.0 Å². The number of aromatic hydroxyl groups is 2. The van der Waals surface area contributed by atoms with Crippen LogP contribution < -0.4 is 28.4 Å². The summed E-state index contributed by atoms with van der Waals surface area (Å²) in [6, 6.07) is 77.1. The average molecular weight is 1960 g/mol. The summed E-state index contributed by atoms with van der Waals surface area (Å²) in [6.07, 6.45) is 12.0. The van der Waals surface area contributed by atoms with Crippen molar-refractivity contribution in [2.45, 2.75) is 120 Å². The zero-order valence-electron chi connectivity index (χ0n) is 78.9. The minimum Gasteiger partial charge on any atom is -0.506 e. The van der Waals surface area contributed by atoms with Gasteiger partial charge in [0.1, 0.15) is 97.9 Å². The standard InChI is InChI=1S/2C18H19NO4.2C14H12N2O.2C14H13NO3.C10H11NO5.C6H2Cl2N2/c2*1-13-10-16(23-12-14-6-4-3-5-7-14)18(19-11-13)15(20)8-9-17(21)22-2;2*1-11-7-14(13(8-15)16-9-11)17-10-12-5-3-2-4-6-12;2*1-10-7-12(13(14(16)17)15-8-10)18-9-11-5-3-2-4-6-11;1-16-9(15)3-2-7(13)10-8(14)4-6(12)5-11-10;7-4-1-5(8)6(2-9)10-3-4/h2*3-7,10-11H,8-9,12H2,1-2H3;2*2-7,9H,10H2,1H3;2*2-8H,9H2,1H3,(H,16,17);4-5,12,14H,2-3H2,1H3;1,3H. The Morgan fingerprint density at radius 1 is 0.289 bits per heavy atom. The summed E-state index contributed by atoms with van der Waals surface area (Å²) >= 11 is 11.1. The molecule has 8 heterocycles. The second-order valence-corrected chi connectivity index (χ2v) is 31.1. The molecule has 0 aliphatic rings. The molecular weight excluding hydrogens is 1860 g/mol. The van der Waals surface area contributed by atoms with E-state index in [9.17, 15) is 43.5 Å². The number of aromatic nitrogens is 8. The van der Waals surface area contributed by atoms with Crippen molar-refractivity contribution >= 4 is 70.4 Å². The van der Waals surface area contributed by atoms with E-state index in [1.54, 1.807) is 49.1 Å². The molecule has 0 radical (unpaired) electrons. The Labute approximate surface area is 830 Å². The van der Waals surface area contributed by atoms with Crippen LogP contribution in [-0.4, -0.2) is 129 Å². The predicted molar refractivity (Wildman–Crippen MR) is 525 cm³/mol. The van der Waals surface area contributed by atoms with Gasteiger partial charge in [-0.3, -0.25) is 28.8 Å². The Bertz CT molecular complexity index is 6320. The van der Waals surface area contributed by atoms with E-state index in [1.165, 1.54) is 46.0 Å². The Morgan fingerprint density at radius 3 is 0.775 bits per heavy atom. The van der Waals surface area contributed by atoms with E-state index in [4.69, 9.17) is 82.7 Å². The van der Waals surface area contributed by atoms with E-state index in [1.807, 2.05) is 254 Å². The minimum atomic E-state index is -1.09. The van der Waals surface area contributed by atoms with Crippen molar-refractivity contribution in [1.29, 1.82) is 15.8 Å². The first-order valence-corrected chi connectivity index (χ1v) is 44.1. The van der Waals surface area contributed by atoms with E-state index < -0.39 is 41.4 Å². The Kier molecular flexibility index (Phi) is 47.6. The minimum absolute atomic E-state index is 0.0308. The van der Waals surface area contributed by atoms with Crippen LogP contribution in [0.1, 0.15) is 175 Å². The number of benzene rings is 6. The second-order valence-electron chi connectivity index (χ2n) is 30.3. The molecule has 4 N–H and O–H groups in total. The topological polar surface area (TPSA) is 475 Å². The number of esters is 3. The normalized spacial score (nSPS) is 9.89. The first-order chi connectivity index (χ1) is 68.4. The predicted octanol–water partition coefficient (Wildman–Crippen LogP) is 20.1. The molecule has 34 heteroatoms. The number of ketones is 3. The lowest BCUT2D eigenvalue weighted by Crippen LogP contribution is -2.10. The number of aromatic carboxylic acids is 2. The van der Waals surface area contributed by atoms with Crippen molar-refractivity contribution in [3.05, 3.63) is 402 Å². The van der Waals surface area contributed by atoms with Crippen molar-refractivity contribution in [2.24, 2.45) is 0 Å². The van der Waals surface area contributed by atoms with Crippen LogP contribution in [0.25, 0.3) is 0 Å². The molecule has 8 aromatic heterocycles. The zero-order valence-corrected chi connectivity index (χ0v) is 80.5.